The molecule has 1 saturated heterocycles. The van der Waals surface area contributed by atoms with Gasteiger partial charge in [0.1, 0.15) is 58.5 Å². The summed E-state index contributed by atoms with van der Waals surface area (Å²) in [5.41, 5.74) is 0.662. The van der Waals surface area contributed by atoms with Crippen molar-refractivity contribution in [2.24, 2.45) is 0 Å². The van der Waals surface area contributed by atoms with Crippen LogP contribution in [0.1, 0.15) is 17.2 Å². The van der Waals surface area contributed by atoms with E-state index in [4.69, 9.17) is 28.1 Å². The Morgan fingerprint density at radius 2 is 1.53 bits per heavy atom. The van der Waals surface area contributed by atoms with Crippen molar-refractivity contribution in [3.8, 4) is 34.3 Å². The molecule has 238 valence electrons. The van der Waals surface area contributed by atoms with Crippen molar-refractivity contribution < 1.29 is 52.6 Å². The van der Waals surface area contributed by atoms with Gasteiger partial charge in [0.25, 0.3) is 5.91 Å². The second-order valence-electron chi connectivity index (χ2n) is 10.2. The molecule has 12 nitrogen and oxygen atoms in total. The summed E-state index contributed by atoms with van der Waals surface area (Å²) in [6.45, 7) is -0.0267. The highest BCUT2D eigenvalue weighted by Gasteiger charge is 2.49. The second-order valence-corrected chi connectivity index (χ2v) is 10.2. The first-order valence-corrected chi connectivity index (χ1v) is 13.8. The van der Waals surface area contributed by atoms with Crippen molar-refractivity contribution in [2.45, 2.75) is 37.1 Å². The largest absolute Gasteiger partial charge is 0.496 e. The molecule has 5 rings (SSSR count). The molecule has 1 amide bonds. The molecule has 5 atom stereocenters. The molecule has 13 heteroatoms. The molecule has 1 aliphatic rings. The third kappa shape index (κ3) is 6.02. The number of fused-ring (bicyclic) bond motifs is 1. The van der Waals surface area contributed by atoms with Gasteiger partial charge in [-0.1, -0.05) is 12.1 Å². The summed E-state index contributed by atoms with van der Waals surface area (Å²) in [4.78, 5) is 26.7. The summed E-state index contributed by atoms with van der Waals surface area (Å²) in [7, 11) is 5.59. The first-order valence-electron chi connectivity index (χ1n) is 13.8. The molecule has 4 N–H and O–H groups in total. The van der Waals surface area contributed by atoms with Crippen molar-refractivity contribution in [2.75, 3.05) is 28.4 Å². The third-order valence-electron chi connectivity index (χ3n) is 7.60. The number of aliphatic hydroxyl groups excluding tert-OH is 3. The normalized spacial score (nSPS) is 21.3. The van der Waals surface area contributed by atoms with Gasteiger partial charge in [-0.25, -0.2) is 4.39 Å². The number of carbonyl (C=O) groups is 1. The third-order valence-corrected chi connectivity index (χ3v) is 7.60. The Kier molecular flexibility index (Phi) is 9.25. The number of amides is 1. The number of carbonyl (C=O) groups excluding carboxylic acids is 1. The summed E-state index contributed by atoms with van der Waals surface area (Å²) in [6, 6.07) is 13.1. The lowest BCUT2D eigenvalue weighted by Gasteiger charge is -2.40. The SMILES string of the molecule is COc1ccc(-c2cc(=O)c3c(OC)c(C4OC(C(=O)NCc5ccc(F)cc5)C(O)C(O)C4O)c(OC)cc3o2)cc1OC. The maximum Gasteiger partial charge on any atom is 0.252 e. The van der Waals surface area contributed by atoms with E-state index in [9.17, 15) is 29.3 Å². The standard InChI is InChI=1S/C32H32FNO11/c1-40-19-10-7-16(11-21(19)41-2)20-12-18(35)24-23(44-20)13-22(42-3)25(29(24)43-4)30-27(37)26(36)28(38)31(45-30)32(39)34-14-15-5-8-17(33)9-6-15/h5-13,26-28,30-31,36-38H,14H2,1-4H3,(H,34,39). The van der Waals surface area contributed by atoms with E-state index in [-0.39, 0.29) is 40.3 Å². The molecule has 1 fully saturated rings. The van der Waals surface area contributed by atoms with Crippen LogP contribution < -0.4 is 29.7 Å². The van der Waals surface area contributed by atoms with E-state index in [1.165, 1.54) is 64.8 Å². The summed E-state index contributed by atoms with van der Waals surface area (Å²) in [5, 5.41) is 35.0. The molecule has 4 aromatic rings. The lowest BCUT2D eigenvalue weighted by atomic mass is 9.89. The number of methoxy groups -OCH3 is 4. The lowest BCUT2D eigenvalue weighted by Crippen LogP contribution is -2.58. The zero-order valence-electron chi connectivity index (χ0n) is 24.8. The van der Waals surface area contributed by atoms with Crippen LogP contribution in [-0.2, 0) is 16.1 Å². The van der Waals surface area contributed by atoms with E-state index in [1.54, 1.807) is 18.2 Å². The minimum Gasteiger partial charge on any atom is -0.496 e. The minimum atomic E-state index is -1.83. The average molecular weight is 626 g/mol. The second kappa shape index (κ2) is 13.1. The van der Waals surface area contributed by atoms with Crippen LogP contribution in [-0.4, -0.2) is 74.1 Å². The van der Waals surface area contributed by atoms with Gasteiger partial charge in [-0.05, 0) is 35.9 Å². The van der Waals surface area contributed by atoms with E-state index in [1.807, 2.05) is 0 Å². The molecule has 45 heavy (non-hydrogen) atoms. The van der Waals surface area contributed by atoms with E-state index >= 15 is 0 Å². The Morgan fingerprint density at radius 3 is 2.18 bits per heavy atom. The van der Waals surface area contributed by atoms with Gasteiger partial charge in [-0.2, -0.15) is 0 Å². The summed E-state index contributed by atoms with van der Waals surface area (Å²) in [6.07, 6.45) is -8.55. The Morgan fingerprint density at radius 1 is 0.844 bits per heavy atom. The first kappa shape index (κ1) is 31.7. The lowest BCUT2D eigenvalue weighted by molar-refractivity contribution is -0.223. The van der Waals surface area contributed by atoms with Gasteiger partial charge in [0.2, 0.25) is 0 Å². The predicted octanol–water partition coefficient (Wildman–Crippen LogP) is 2.47. The zero-order chi connectivity index (χ0) is 32.4. The number of rotatable bonds is 9. The average Bonchev–Trinajstić information content (AvgIpc) is 3.05. The molecular formula is C32H32FNO11. The van der Waals surface area contributed by atoms with Crippen LogP contribution in [0.25, 0.3) is 22.3 Å². The predicted molar refractivity (Wildman–Crippen MR) is 158 cm³/mol. The van der Waals surface area contributed by atoms with Gasteiger partial charge in [-0.3, -0.25) is 9.59 Å². The van der Waals surface area contributed by atoms with E-state index in [2.05, 4.69) is 5.32 Å². The molecule has 0 saturated carbocycles. The molecule has 0 spiro atoms. The molecule has 1 aliphatic heterocycles. The van der Waals surface area contributed by atoms with Crippen LogP contribution in [0, 0.1) is 5.82 Å². The fourth-order valence-electron chi connectivity index (χ4n) is 5.29. The zero-order valence-corrected chi connectivity index (χ0v) is 24.8. The molecule has 0 radical (unpaired) electrons. The van der Waals surface area contributed by atoms with Gasteiger partial charge in [0.05, 0.1) is 34.0 Å². The monoisotopic (exact) mass is 625 g/mol. The first-order chi connectivity index (χ1) is 21.6. The quantitative estimate of drug-likeness (QED) is 0.216. The van der Waals surface area contributed by atoms with Crippen molar-refractivity contribution >= 4 is 16.9 Å². The number of nitrogens with one attached hydrogen (secondary N) is 1. The fourth-order valence-corrected chi connectivity index (χ4v) is 5.29. The maximum atomic E-state index is 13.6. The Bertz CT molecular complexity index is 1760. The van der Waals surface area contributed by atoms with Crippen molar-refractivity contribution in [3.05, 3.63) is 81.8 Å². The summed E-state index contributed by atoms with van der Waals surface area (Å²) >= 11 is 0. The number of hydrogen-bond acceptors (Lipinski definition) is 11. The number of hydrogen-bond donors (Lipinski definition) is 4. The van der Waals surface area contributed by atoms with Gasteiger partial charge < -0.3 is 48.7 Å². The Balaban J connectivity index is 1.54. The van der Waals surface area contributed by atoms with Crippen molar-refractivity contribution in [1.82, 2.24) is 5.32 Å². The molecule has 2 heterocycles. The molecule has 1 aromatic heterocycles. The topological polar surface area (TPSA) is 166 Å². The highest BCUT2D eigenvalue weighted by Crippen LogP contribution is 2.46. The van der Waals surface area contributed by atoms with E-state index < -0.39 is 47.7 Å². The van der Waals surface area contributed by atoms with Crippen LogP contribution in [0.15, 0.2) is 63.8 Å². The number of aliphatic hydroxyl groups is 3. The fraction of sp³-hybridized carbons (Fsp3) is 0.312. The molecule has 0 aliphatic carbocycles. The highest BCUT2D eigenvalue weighted by atomic mass is 19.1. The number of ether oxygens (including phenoxy) is 5. The minimum absolute atomic E-state index is 0.00783. The van der Waals surface area contributed by atoms with Crippen LogP contribution >= 0.6 is 0 Å². The Hall–Kier alpha value is -4.69. The number of halogens is 1. The van der Waals surface area contributed by atoms with Crippen molar-refractivity contribution in [1.29, 1.82) is 0 Å². The van der Waals surface area contributed by atoms with Crippen LogP contribution in [0.5, 0.6) is 23.0 Å². The van der Waals surface area contributed by atoms with Crippen LogP contribution in [0.4, 0.5) is 4.39 Å². The highest BCUT2D eigenvalue weighted by molar-refractivity contribution is 5.89. The molecule has 3 aromatic carbocycles. The molecule has 0 bridgehead atoms. The van der Waals surface area contributed by atoms with Gasteiger partial charge >= 0.3 is 0 Å². The van der Waals surface area contributed by atoms with Crippen LogP contribution in [0.2, 0.25) is 0 Å². The summed E-state index contributed by atoms with van der Waals surface area (Å²) in [5.74, 6) is -0.182. The smallest absolute Gasteiger partial charge is 0.252 e. The van der Waals surface area contributed by atoms with Crippen LogP contribution in [0.3, 0.4) is 0 Å². The van der Waals surface area contributed by atoms with E-state index in [0.717, 1.165) is 0 Å². The van der Waals surface area contributed by atoms with Gasteiger partial charge in [0, 0.05) is 24.2 Å². The van der Waals surface area contributed by atoms with Gasteiger partial charge in [0.15, 0.2) is 23.0 Å². The van der Waals surface area contributed by atoms with Gasteiger partial charge in [-0.15, -0.1) is 0 Å². The Labute approximate surface area is 256 Å². The summed E-state index contributed by atoms with van der Waals surface area (Å²) < 4.78 is 47.1. The molecular weight excluding hydrogens is 593 g/mol. The number of benzene rings is 3. The van der Waals surface area contributed by atoms with Crippen molar-refractivity contribution in [3.63, 3.8) is 0 Å². The van der Waals surface area contributed by atoms with E-state index in [0.29, 0.717) is 22.6 Å². The maximum absolute atomic E-state index is 13.6. The molecule has 5 unspecified atom stereocenters.